The van der Waals surface area contributed by atoms with Crippen molar-refractivity contribution in [3.05, 3.63) is 72.1 Å². The van der Waals surface area contributed by atoms with Crippen LogP contribution in [0.3, 0.4) is 0 Å². The number of rotatable bonds is 7. The molecule has 0 saturated carbocycles. The van der Waals surface area contributed by atoms with Gasteiger partial charge >= 0.3 is 0 Å². The van der Waals surface area contributed by atoms with Crippen LogP contribution >= 0.6 is 0 Å². The van der Waals surface area contributed by atoms with Crippen molar-refractivity contribution in [3.63, 3.8) is 0 Å². The van der Waals surface area contributed by atoms with Crippen LogP contribution in [0.2, 0.25) is 0 Å². The molecule has 2 aromatic rings. The van der Waals surface area contributed by atoms with Crippen LogP contribution in [0.5, 0.6) is 0 Å². The summed E-state index contributed by atoms with van der Waals surface area (Å²) in [6.45, 7) is 14.0. The molecule has 156 valence electrons. The van der Waals surface area contributed by atoms with Crippen LogP contribution in [0.25, 0.3) is 11.3 Å². The van der Waals surface area contributed by atoms with Crippen molar-refractivity contribution in [2.45, 2.75) is 6.92 Å². The van der Waals surface area contributed by atoms with E-state index in [1.807, 2.05) is 31.2 Å². The Morgan fingerprint density at radius 3 is 2.50 bits per heavy atom. The fourth-order valence-corrected chi connectivity index (χ4v) is 3.63. The van der Waals surface area contributed by atoms with Gasteiger partial charge in [-0.15, -0.1) is 0 Å². The molecule has 0 atom stereocenters. The molecule has 0 amide bonds. The maximum absolute atomic E-state index is 14.6. The molecule has 1 fully saturated rings. The van der Waals surface area contributed by atoms with Gasteiger partial charge in [-0.3, -0.25) is 0 Å². The van der Waals surface area contributed by atoms with Crippen LogP contribution in [0.15, 0.2) is 49.6 Å². The molecule has 1 aliphatic heterocycles. The standard InChI is InChI=1S/C24H28FN5/c1-17(2)20-5-7-24(22(25)15-20)30-12-10-29(11-13-30)18(3)21-14-19(16-27)4-6-23(21)28-9-8-26/h4-7,14-15,28H,1,3,8-13,26H2,2H3. The number of hydrogen-bond acceptors (Lipinski definition) is 5. The highest BCUT2D eigenvalue weighted by Gasteiger charge is 2.22. The number of piperazine rings is 1. The molecule has 1 saturated heterocycles. The molecular formula is C24H28FN5. The molecule has 1 aliphatic rings. The zero-order valence-corrected chi connectivity index (χ0v) is 17.4. The molecule has 0 unspecified atom stereocenters. The zero-order valence-electron chi connectivity index (χ0n) is 17.4. The van der Waals surface area contributed by atoms with Gasteiger partial charge in [0.25, 0.3) is 0 Å². The first-order valence-electron chi connectivity index (χ1n) is 10.1. The van der Waals surface area contributed by atoms with Gasteiger partial charge in [-0.05, 0) is 42.8 Å². The Morgan fingerprint density at radius 2 is 1.90 bits per heavy atom. The van der Waals surface area contributed by atoms with Crippen molar-refractivity contribution >= 4 is 22.6 Å². The smallest absolute Gasteiger partial charge is 0.147 e. The largest absolute Gasteiger partial charge is 0.383 e. The van der Waals surface area contributed by atoms with E-state index in [2.05, 4.69) is 34.3 Å². The Hall–Kier alpha value is -3.30. The van der Waals surface area contributed by atoms with Gasteiger partial charge in [0.1, 0.15) is 5.82 Å². The first kappa shape index (κ1) is 21.4. The molecule has 5 nitrogen and oxygen atoms in total. The lowest BCUT2D eigenvalue weighted by molar-refractivity contribution is 0.366. The van der Waals surface area contributed by atoms with E-state index in [4.69, 9.17) is 5.73 Å². The van der Waals surface area contributed by atoms with Crippen LogP contribution in [0, 0.1) is 17.1 Å². The summed E-state index contributed by atoms with van der Waals surface area (Å²) in [6.07, 6.45) is 0. The third kappa shape index (κ3) is 4.64. The monoisotopic (exact) mass is 405 g/mol. The van der Waals surface area contributed by atoms with Gasteiger partial charge in [0.05, 0.1) is 17.3 Å². The second kappa shape index (κ2) is 9.47. The minimum atomic E-state index is -0.224. The summed E-state index contributed by atoms with van der Waals surface area (Å²) in [4.78, 5) is 4.24. The van der Waals surface area contributed by atoms with Crippen LogP contribution in [-0.2, 0) is 0 Å². The Kier molecular flexibility index (Phi) is 6.76. The molecule has 0 bridgehead atoms. The third-order valence-corrected chi connectivity index (χ3v) is 5.36. The molecule has 6 heteroatoms. The lowest BCUT2D eigenvalue weighted by Crippen LogP contribution is -2.45. The van der Waals surface area contributed by atoms with Crippen LogP contribution < -0.4 is 16.0 Å². The number of hydrogen-bond donors (Lipinski definition) is 2. The first-order chi connectivity index (χ1) is 14.4. The van der Waals surface area contributed by atoms with Gasteiger partial charge in [-0.1, -0.05) is 24.8 Å². The number of nitrogens with zero attached hydrogens (tertiary/aromatic N) is 3. The van der Waals surface area contributed by atoms with Gasteiger partial charge in [-0.25, -0.2) is 4.39 Å². The summed E-state index contributed by atoms with van der Waals surface area (Å²) in [5.41, 5.74) is 11.1. The molecule has 30 heavy (non-hydrogen) atoms. The van der Waals surface area contributed by atoms with Crippen molar-refractivity contribution < 1.29 is 4.39 Å². The van der Waals surface area contributed by atoms with Crippen molar-refractivity contribution in [2.75, 3.05) is 49.5 Å². The fourth-order valence-electron chi connectivity index (χ4n) is 3.63. The van der Waals surface area contributed by atoms with Crippen LogP contribution in [0.1, 0.15) is 23.6 Å². The van der Waals surface area contributed by atoms with E-state index in [-0.39, 0.29) is 5.82 Å². The zero-order chi connectivity index (χ0) is 21.7. The molecule has 0 radical (unpaired) electrons. The SMILES string of the molecule is C=C(C)c1ccc(N2CCN(C(=C)c3cc(C#N)ccc3NCCN)CC2)c(F)c1. The van der Waals surface area contributed by atoms with Crippen molar-refractivity contribution in [3.8, 4) is 6.07 Å². The molecular weight excluding hydrogens is 377 g/mol. The average Bonchev–Trinajstić information content (AvgIpc) is 2.77. The number of halogens is 1. The van der Waals surface area contributed by atoms with Crippen LogP contribution in [0.4, 0.5) is 15.8 Å². The minimum Gasteiger partial charge on any atom is -0.383 e. The van der Waals surface area contributed by atoms with Crippen molar-refractivity contribution in [1.82, 2.24) is 4.90 Å². The lowest BCUT2D eigenvalue weighted by Gasteiger charge is -2.38. The predicted octanol–water partition coefficient (Wildman–Crippen LogP) is 3.89. The summed E-state index contributed by atoms with van der Waals surface area (Å²) in [5, 5.41) is 12.6. The summed E-state index contributed by atoms with van der Waals surface area (Å²) in [6, 6.07) is 13.0. The highest BCUT2D eigenvalue weighted by Crippen LogP contribution is 2.29. The summed E-state index contributed by atoms with van der Waals surface area (Å²) < 4.78 is 14.6. The predicted molar refractivity (Wildman–Crippen MR) is 123 cm³/mol. The number of benzene rings is 2. The van der Waals surface area contributed by atoms with Crippen molar-refractivity contribution in [1.29, 1.82) is 5.26 Å². The molecule has 1 heterocycles. The minimum absolute atomic E-state index is 0.224. The van der Waals surface area contributed by atoms with Gasteiger partial charge in [-0.2, -0.15) is 5.26 Å². The second-order valence-corrected chi connectivity index (χ2v) is 7.45. The normalized spacial score (nSPS) is 13.7. The number of anilines is 2. The Bertz CT molecular complexity index is 984. The third-order valence-electron chi connectivity index (χ3n) is 5.36. The van der Waals surface area contributed by atoms with E-state index in [0.717, 1.165) is 28.1 Å². The van der Waals surface area contributed by atoms with Gasteiger partial charge < -0.3 is 20.9 Å². The first-order valence-corrected chi connectivity index (χ1v) is 10.1. The number of nitriles is 1. The Morgan fingerprint density at radius 1 is 1.17 bits per heavy atom. The fraction of sp³-hybridized carbons (Fsp3) is 0.292. The molecule has 2 aromatic carbocycles. The van der Waals surface area contributed by atoms with Crippen molar-refractivity contribution in [2.24, 2.45) is 5.73 Å². The molecule has 3 rings (SSSR count). The average molecular weight is 406 g/mol. The lowest BCUT2D eigenvalue weighted by atomic mass is 10.0. The highest BCUT2D eigenvalue weighted by atomic mass is 19.1. The van der Waals surface area contributed by atoms with E-state index < -0.39 is 0 Å². The quantitative estimate of drug-likeness (QED) is 0.731. The summed E-state index contributed by atoms with van der Waals surface area (Å²) in [7, 11) is 0. The summed E-state index contributed by atoms with van der Waals surface area (Å²) >= 11 is 0. The van der Waals surface area contributed by atoms with Gasteiger partial charge in [0, 0.05) is 56.2 Å². The molecule has 0 spiro atoms. The van der Waals surface area contributed by atoms with Gasteiger partial charge in [0.2, 0.25) is 0 Å². The second-order valence-electron chi connectivity index (χ2n) is 7.45. The van der Waals surface area contributed by atoms with E-state index in [1.165, 1.54) is 0 Å². The van der Waals surface area contributed by atoms with E-state index in [9.17, 15) is 9.65 Å². The van der Waals surface area contributed by atoms with E-state index >= 15 is 0 Å². The maximum atomic E-state index is 14.6. The summed E-state index contributed by atoms with van der Waals surface area (Å²) in [5.74, 6) is -0.224. The number of allylic oxidation sites excluding steroid dienone is 1. The highest BCUT2D eigenvalue weighted by molar-refractivity contribution is 5.75. The van der Waals surface area contributed by atoms with Gasteiger partial charge in [0.15, 0.2) is 0 Å². The Labute approximate surface area is 177 Å². The maximum Gasteiger partial charge on any atom is 0.147 e. The molecule has 0 aromatic heterocycles. The van der Waals surface area contributed by atoms with Crippen LogP contribution in [-0.4, -0.2) is 44.2 Å². The topological polar surface area (TPSA) is 68.3 Å². The number of nitrogens with one attached hydrogen (secondary N) is 1. The number of nitrogens with two attached hydrogens (primary N) is 1. The Balaban J connectivity index is 1.73. The van der Waals surface area contributed by atoms with E-state index in [1.54, 1.807) is 12.1 Å². The van der Waals surface area contributed by atoms with E-state index in [0.29, 0.717) is 50.5 Å². The molecule has 3 N–H and O–H groups in total. The molecule has 0 aliphatic carbocycles.